The van der Waals surface area contributed by atoms with Crippen molar-refractivity contribution < 1.29 is 8.83 Å². The monoisotopic (exact) mass is 1010 g/mol. The molecule has 0 aliphatic heterocycles. The third-order valence-corrected chi connectivity index (χ3v) is 17.6. The normalized spacial score (nSPS) is 11.9. The first kappa shape index (κ1) is 43.0. The zero-order valence-corrected chi connectivity index (χ0v) is 42.4. The van der Waals surface area contributed by atoms with Crippen LogP contribution < -0.4 is 9.80 Å². The zero-order valence-electron chi connectivity index (χ0n) is 40.8. The van der Waals surface area contributed by atoms with E-state index in [2.05, 4.69) is 265 Å². The quantitative estimate of drug-likeness (QED) is 0.152. The first-order valence-electron chi connectivity index (χ1n) is 25.6. The number of nitrogens with zero attached hydrogens (tertiary/aromatic N) is 2. The summed E-state index contributed by atoms with van der Waals surface area (Å²) in [6, 6.07) is 92.0. The molecule has 0 unspecified atom stereocenters. The van der Waals surface area contributed by atoms with Gasteiger partial charge in [0.25, 0.3) is 0 Å². The molecule has 0 aliphatic carbocycles. The van der Waals surface area contributed by atoms with Crippen molar-refractivity contribution in [2.45, 2.75) is 0 Å². The average molecular weight is 1010 g/mol. The van der Waals surface area contributed by atoms with Gasteiger partial charge in [-0.25, -0.2) is 0 Å². The molecule has 4 heterocycles. The molecule has 0 fully saturated rings. The number of hydrogen-bond donors (Lipinski definition) is 0. The van der Waals surface area contributed by atoms with Crippen molar-refractivity contribution in [2.24, 2.45) is 0 Å². The van der Waals surface area contributed by atoms with E-state index in [1.807, 2.05) is 22.7 Å². The van der Waals surface area contributed by atoms with Gasteiger partial charge in [-0.15, -0.1) is 22.7 Å². The summed E-state index contributed by atoms with van der Waals surface area (Å²) >= 11 is 3.68. The van der Waals surface area contributed by atoms with Gasteiger partial charge in [0.05, 0.1) is 20.8 Å². The molecule has 356 valence electrons. The summed E-state index contributed by atoms with van der Waals surface area (Å²) in [7, 11) is 0. The van der Waals surface area contributed by atoms with Crippen molar-refractivity contribution in [3.63, 3.8) is 0 Å². The van der Waals surface area contributed by atoms with E-state index in [9.17, 15) is 0 Å². The highest BCUT2D eigenvalue weighted by atomic mass is 32.1. The zero-order chi connectivity index (χ0) is 49.8. The van der Waals surface area contributed by atoms with E-state index in [1.165, 1.54) is 62.6 Å². The van der Waals surface area contributed by atoms with E-state index < -0.39 is 0 Å². The maximum absolute atomic E-state index is 6.87. The maximum atomic E-state index is 6.87. The van der Waals surface area contributed by atoms with Crippen molar-refractivity contribution in [2.75, 3.05) is 9.80 Å². The lowest BCUT2D eigenvalue weighted by Crippen LogP contribution is -2.10. The lowest BCUT2D eigenvalue weighted by atomic mass is 10.0. The van der Waals surface area contributed by atoms with Gasteiger partial charge in [0.15, 0.2) is 0 Å². The molecular weight excluding hydrogens is 965 g/mol. The summed E-state index contributed by atoms with van der Waals surface area (Å²) in [4.78, 5) is 4.76. The molecule has 4 nitrogen and oxygen atoms in total. The Bertz CT molecular complexity index is 4620. The Hall–Kier alpha value is -9.46. The number of anilines is 6. The molecule has 0 amide bonds. The minimum Gasteiger partial charge on any atom is -0.456 e. The number of rotatable bonds is 8. The summed E-state index contributed by atoms with van der Waals surface area (Å²) < 4.78 is 18.8. The second-order valence-electron chi connectivity index (χ2n) is 19.6. The third kappa shape index (κ3) is 6.89. The summed E-state index contributed by atoms with van der Waals surface area (Å²) in [5.41, 5.74) is 14.6. The van der Waals surface area contributed by atoms with Gasteiger partial charge in [-0.1, -0.05) is 146 Å². The van der Waals surface area contributed by atoms with Crippen LogP contribution in [0.3, 0.4) is 0 Å². The van der Waals surface area contributed by atoms with Crippen LogP contribution in [0.25, 0.3) is 117 Å². The van der Waals surface area contributed by atoms with Crippen LogP contribution in [-0.4, -0.2) is 0 Å². The van der Waals surface area contributed by atoms with Crippen LogP contribution in [0.2, 0.25) is 0 Å². The fourth-order valence-electron chi connectivity index (χ4n) is 11.6. The first-order chi connectivity index (χ1) is 37.6. The SMILES string of the molecule is c1ccc(-c2ccc(N(c3ccc4c(c3)oc3cc5cc6c(cc5cc34)oc3cc(N(c4ccc(-c5ccccc5)cc4)c4cccc5c4sc4ccccc45)ccc36)c3cccc4c3sc3ccccc34)cc2)cc1. The van der Waals surface area contributed by atoms with Crippen LogP contribution in [0.15, 0.2) is 264 Å². The highest BCUT2D eigenvalue weighted by Gasteiger charge is 2.23. The van der Waals surface area contributed by atoms with Crippen molar-refractivity contribution in [3.8, 4) is 22.3 Å². The molecular formula is C70H42N2O2S2. The Morgan fingerprint density at radius 2 is 0.618 bits per heavy atom. The third-order valence-electron chi connectivity index (χ3n) is 15.2. The van der Waals surface area contributed by atoms with Crippen LogP contribution in [0.1, 0.15) is 0 Å². The van der Waals surface area contributed by atoms with Crippen molar-refractivity contribution in [1.29, 1.82) is 0 Å². The lowest BCUT2D eigenvalue weighted by molar-refractivity contribution is 0.668. The molecule has 0 N–H and O–H groups in total. The average Bonchev–Trinajstić information content (AvgIpc) is 4.25. The van der Waals surface area contributed by atoms with Crippen LogP contribution in [0.5, 0.6) is 0 Å². The Kier molecular flexibility index (Phi) is 9.64. The molecule has 0 saturated heterocycles. The van der Waals surface area contributed by atoms with Crippen LogP contribution in [0.4, 0.5) is 34.1 Å². The van der Waals surface area contributed by atoms with Crippen molar-refractivity contribution in [1.82, 2.24) is 0 Å². The van der Waals surface area contributed by atoms with E-state index in [1.54, 1.807) is 0 Å². The fraction of sp³-hybridized carbons (Fsp3) is 0. The number of furan rings is 2. The number of thiophene rings is 2. The van der Waals surface area contributed by atoms with E-state index in [4.69, 9.17) is 8.83 Å². The van der Waals surface area contributed by atoms with E-state index >= 15 is 0 Å². The summed E-state index contributed by atoms with van der Waals surface area (Å²) in [5, 5.41) is 11.5. The molecule has 0 atom stereocenters. The second-order valence-corrected chi connectivity index (χ2v) is 21.7. The van der Waals surface area contributed by atoms with Gasteiger partial charge in [-0.2, -0.15) is 0 Å². The Morgan fingerprint density at radius 1 is 0.250 bits per heavy atom. The van der Waals surface area contributed by atoms with Crippen LogP contribution in [-0.2, 0) is 0 Å². The standard InChI is InChI=1S/C70H42N2O2S2/c1-3-13-43(14-4-1)45-25-29-49(30-26-45)71(61-21-11-19-57-55-17-7-9-23-67(55)75-69(57)61)51-33-35-53-59-37-47-40-64-60(38-48(47)39-63(59)73-65(53)41-51)54-36-34-52(42-66(54)74-64)72(50-31-27-46(28-32-50)44-15-5-2-6-16-44)62-22-12-20-58-56-18-8-10-24-68(56)76-70(58)62/h1-42H. The van der Waals surface area contributed by atoms with E-state index in [-0.39, 0.29) is 0 Å². The Balaban J connectivity index is 0.802. The molecule has 0 aliphatic rings. The number of benzene rings is 12. The van der Waals surface area contributed by atoms with Gasteiger partial charge in [-0.05, 0) is 130 Å². The Labute approximate surface area is 444 Å². The Morgan fingerprint density at radius 3 is 1.07 bits per heavy atom. The molecule has 0 radical (unpaired) electrons. The van der Waals surface area contributed by atoms with Gasteiger partial charge < -0.3 is 18.6 Å². The van der Waals surface area contributed by atoms with E-state index in [0.29, 0.717) is 0 Å². The fourth-order valence-corrected chi connectivity index (χ4v) is 14.0. The molecule has 16 rings (SSSR count). The van der Waals surface area contributed by atoms with Gasteiger partial charge in [0, 0.05) is 87.4 Å². The van der Waals surface area contributed by atoms with Crippen LogP contribution >= 0.6 is 22.7 Å². The maximum Gasteiger partial charge on any atom is 0.137 e. The van der Waals surface area contributed by atoms with Crippen LogP contribution in [0, 0.1) is 0 Å². The number of hydrogen-bond acceptors (Lipinski definition) is 6. The molecule has 16 aromatic rings. The molecule has 76 heavy (non-hydrogen) atoms. The van der Waals surface area contributed by atoms with Gasteiger partial charge >= 0.3 is 0 Å². The molecule has 0 saturated carbocycles. The molecule has 4 aromatic heterocycles. The van der Waals surface area contributed by atoms with E-state index in [0.717, 1.165) is 88.8 Å². The highest BCUT2D eigenvalue weighted by molar-refractivity contribution is 7.26. The van der Waals surface area contributed by atoms with Gasteiger partial charge in [-0.3, -0.25) is 0 Å². The summed E-state index contributed by atoms with van der Waals surface area (Å²) in [6.45, 7) is 0. The van der Waals surface area contributed by atoms with Crippen molar-refractivity contribution in [3.05, 3.63) is 255 Å². The van der Waals surface area contributed by atoms with Gasteiger partial charge in [0.2, 0.25) is 0 Å². The molecule has 6 heteroatoms. The first-order valence-corrected chi connectivity index (χ1v) is 27.2. The highest BCUT2D eigenvalue weighted by Crippen LogP contribution is 2.49. The number of fused-ring (bicyclic) bond motifs is 13. The summed E-state index contributed by atoms with van der Waals surface area (Å²) in [5.74, 6) is 0. The largest absolute Gasteiger partial charge is 0.456 e. The predicted molar refractivity (Wildman–Crippen MR) is 325 cm³/mol. The van der Waals surface area contributed by atoms with Crippen molar-refractivity contribution >= 4 is 152 Å². The second kappa shape index (κ2) is 17.0. The molecule has 0 bridgehead atoms. The topological polar surface area (TPSA) is 32.8 Å². The lowest BCUT2D eigenvalue weighted by Gasteiger charge is -2.26. The molecule has 12 aromatic carbocycles. The smallest absolute Gasteiger partial charge is 0.137 e. The minimum atomic E-state index is 0.837. The minimum absolute atomic E-state index is 0.837. The summed E-state index contributed by atoms with van der Waals surface area (Å²) in [6.07, 6.45) is 0. The van der Waals surface area contributed by atoms with Gasteiger partial charge in [0.1, 0.15) is 22.3 Å². The molecule has 0 spiro atoms. The predicted octanol–water partition coefficient (Wildman–Crippen LogP) is 21.6.